The summed E-state index contributed by atoms with van der Waals surface area (Å²) in [7, 11) is 0. The van der Waals surface area contributed by atoms with Crippen molar-refractivity contribution in [2.24, 2.45) is 0 Å². The number of carbonyl (C=O) groups excluding carboxylic acids is 3. The summed E-state index contributed by atoms with van der Waals surface area (Å²) in [6.45, 7) is 6.42. The van der Waals surface area contributed by atoms with Crippen LogP contribution in [0.3, 0.4) is 0 Å². The molecule has 0 rings (SSSR count). The van der Waals surface area contributed by atoms with Crippen LogP contribution in [0.25, 0.3) is 0 Å². The Hall–Kier alpha value is -3.41. The van der Waals surface area contributed by atoms with E-state index in [9.17, 15) is 14.4 Å². The van der Waals surface area contributed by atoms with Gasteiger partial charge >= 0.3 is 17.9 Å². The molecule has 0 bridgehead atoms. The van der Waals surface area contributed by atoms with Crippen LogP contribution in [0.4, 0.5) is 0 Å². The van der Waals surface area contributed by atoms with Crippen molar-refractivity contribution >= 4 is 17.9 Å². The first kappa shape index (κ1) is 59.6. The van der Waals surface area contributed by atoms with Gasteiger partial charge in [0.25, 0.3) is 0 Å². The summed E-state index contributed by atoms with van der Waals surface area (Å²) in [5.41, 5.74) is 0. The van der Waals surface area contributed by atoms with Crippen LogP contribution in [0.15, 0.2) is 85.1 Å². The summed E-state index contributed by atoms with van der Waals surface area (Å²) in [6.07, 6.45) is 66.0. The Morgan fingerprint density at radius 1 is 0.333 bits per heavy atom. The molecule has 6 heteroatoms. The van der Waals surface area contributed by atoms with Gasteiger partial charge < -0.3 is 14.2 Å². The Morgan fingerprint density at radius 3 is 0.968 bits per heavy atom. The molecule has 0 aliphatic carbocycles. The third-order valence-electron chi connectivity index (χ3n) is 10.9. The van der Waals surface area contributed by atoms with Crippen LogP contribution < -0.4 is 0 Å². The molecule has 1 atom stereocenters. The number of carbonyl (C=O) groups is 3. The standard InChI is InChI=1S/C57H96O6/c1-4-7-10-13-16-18-20-22-24-26-27-28-29-30-31-32-34-35-37-39-41-44-47-50-56(59)62-53-54(52-61-55(58)49-46-43-15-12-9-6-3)63-57(60)51-48-45-42-40-38-36-33-25-23-21-19-17-14-11-8-5-2/h7,10,16,18,22,24,27-28,30-31,34-35,39,41,54H,4-6,8-9,11-15,17,19-21,23,25-26,29,32-33,36-38,40,42-53H2,1-3H3/b10-7-,18-16-,24-22-,28-27-,31-30-,35-34-,41-39-. The fraction of sp³-hybridized carbons (Fsp3) is 0.702. The Balaban J connectivity index is 4.31. The van der Waals surface area contributed by atoms with Crippen molar-refractivity contribution in [3.8, 4) is 0 Å². The summed E-state index contributed by atoms with van der Waals surface area (Å²) in [5.74, 6) is -0.963. The van der Waals surface area contributed by atoms with Crippen LogP contribution in [0.2, 0.25) is 0 Å². The lowest BCUT2D eigenvalue weighted by Crippen LogP contribution is -2.30. The molecule has 360 valence electrons. The van der Waals surface area contributed by atoms with Crippen LogP contribution >= 0.6 is 0 Å². The zero-order valence-corrected chi connectivity index (χ0v) is 41.1. The third kappa shape index (κ3) is 49.5. The van der Waals surface area contributed by atoms with Gasteiger partial charge in [-0.1, -0.05) is 234 Å². The summed E-state index contributed by atoms with van der Waals surface area (Å²) < 4.78 is 16.7. The minimum Gasteiger partial charge on any atom is -0.462 e. The van der Waals surface area contributed by atoms with Crippen molar-refractivity contribution in [1.29, 1.82) is 0 Å². The number of rotatable bonds is 46. The lowest BCUT2D eigenvalue weighted by Gasteiger charge is -2.18. The maximum Gasteiger partial charge on any atom is 0.306 e. The van der Waals surface area contributed by atoms with Crippen LogP contribution in [0.1, 0.15) is 239 Å². The highest BCUT2D eigenvalue weighted by Gasteiger charge is 2.19. The van der Waals surface area contributed by atoms with E-state index in [-0.39, 0.29) is 37.5 Å². The first-order valence-corrected chi connectivity index (χ1v) is 26.1. The molecule has 0 N–H and O–H groups in total. The predicted octanol–water partition coefficient (Wildman–Crippen LogP) is 17.2. The van der Waals surface area contributed by atoms with Crippen LogP contribution in [-0.4, -0.2) is 37.2 Å². The Labute approximate surface area is 388 Å². The number of allylic oxidation sites excluding steroid dienone is 14. The molecule has 0 radical (unpaired) electrons. The Kier molecular flexibility index (Phi) is 48.5. The molecule has 0 aliphatic heterocycles. The van der Waals surface area contributed by atoms with E-state index in [1.54, 1.807) is 0 Å². The lowest BCUT2D eigenvalue weighted by atomic mass is 10.0. The molecular formula is C57H96O6. The second kappa shape index (κ2) is 51.2. The molecule has 0 saturated carbocycles. The van der Waals surface area contributed by atoms with E-state index in [4.69, 9.17) is 14.2 Å². The Morgan fingerprint density at radius 2 is 0.619 bits per heavy atom. The monoisotopic (exact) mass is 877 g/mol. The smallest absolute Gasteiger partial charge is 0.306 e. The van der Waals surface area contributed by atoms with Crippen molar-refractivity contribution in [2.75, 3.05) is 13.2 Å². The minimum atomic E-state index is -0.794. The molecule has 0 aliphatic rings. The molecule has 0 aromatic heterocycles. The van der Waals surface area contributed by atoms with E-state index >= 15 is 0 Å². The first-order chi connectivity index (χ1) is 31.0. The van der Waals surface area contributed by atoms with E-state index in [1.807, 2.05) is 0 Å². The van der Waals surface area contributed by atoms with E-state index in [2.05, 4.69) is 106 Å². The SMILES string of the molecule is CC/C=C\C/C=C\C/C=C\C/C=C\C/C=C\C/C=C\C/C=C\CCCC(=O)OCC(COC(=O)CCCCCCCC)OC(=O)CCCCCCCCCCCCCCCCCC. The van der Waals surface area contributed by atoms with E-state index in [0.717, 1.165) is 89.9 Å². The van der Waals surface area contributed by atoms with E-state index < -0.39 is 6.10 Å². The van der Waals surface area contributed by atoms with Crippen LogP contribution in [-0.2, 0) is 28.6 Å². The molecule has 1 unspecified atom stereocenters. The Bertz CT molecular complexity index is 1240. The van der Waals surface area contributed by atoms with Gasteiger partial charge in [0.15, 0.2) is 6.10 Å². The average molecular weight is 877 g/mol. The fourth-order valence-corrected chi connectivity index (χ4v) is 7.02. The van der Waals surface area contributed by atoms with Crippen molar-refractivity contribution in [2.45, 2.75) is 245 Å². The molecule has 0 saturated heterocycles. The van der Waals surface area contributed by atoms with Crippen molar-refractivity contribution < 1.29 is 28.6 Å². The normalized spacial score (nSPS) is 12.7. The molecule has 0 fully saturated rings. The highest BCUT2D eigenvalue weighted by Crippen LogP contribution is 2.15. The largest absolute Gasteiger partial charge is 0.462 e. The van der Waals surface area contributed by atoms with Gasteiger partial charge in [0.05, 0.1) is 0 Å². The van der Waals surface area contributed by atoms with Gasteiger partial charge in [-0.15, -0.1) is 0 Å². The quantitative estimate of drug-likeness (QED) is 0.0262. The predicted molar refractivity (Wildman–Crippen MR) is 270 cm³/mol. The number of ether oxygens (including phenoxy) is 3. The van der Waals surface area contributed by atoms with Gasteiger partial charge in [-0.05, 0) is 70.6 Å². The van der Waals surface area contributed by atoms with Gasteiger partial charge in [-0.2, -0.15) is 0 Å². The summed E-state index contributed by atoms with van der Waals surface area (Å²) in [4.78, 5) is 37.7. The van der Waals surface area contributed by atoms with Crippen molar-refractivity contribution in [1.82, 2.24) is 0 Å². The number of hydrogen-bond donors (Lipinski definition) is 0. The van der Waals surface area contributed by atoms with Gasteiger partial charge in [0.2, 0.25) is 0 Å². The lowest BCUT2D eigenvalue weighted by molar-refractivity contribution is -0.167. The second-order valence-electron chi connectivity index (χ2n) is 17.1. The molecule has 0 spiro atoms. The average Bonchev–Trinajstić information content (AvgIpc) is 3.28. The highest BCUT2D eigenvalue weighted by molar-refractivity contribution is 5.71. The van der Waals surface area contributed by atoms with Crippen molar-refractivity contribution in [3.63, 3.8) is 0 Å². The minimum absolute atomic E-state index is 0.0933. The first-order valence-electron chi connectivity index (χ1n) is 26.1. The number of unbranched alkanes of at least 4 members (excludes halogenated alkanes) is 21. The highest BCUT2D eigenvalue weighted by atomic mass is 16.6. The maximum atomic E-state index is 12.7. The number of esters is 3. The van der Waals surface area contributed by atoms with E-state index in [1.165, 1.54) is 103 Å². The number of hydrogen-bond acceptors (Lipinski definition) is 6. The molecule has 63 heavy (non-hydrogen) atoms. The summed E-state index contributed by atoms with van der Waals surface area (Å²) in [5, 5.41) is 0. The van der Waals surface area contributed by atoms with Gasteiger partial charge in [-0.25, -0.2) is 0 Å². The van der Waals surface area contributed by atoms with Crippen molar-refractivity contribution in [3.05, 3.63) is 85.1 Å². The summed E-state index contributed by atoms with van der Waals surface area (Å²) >= 11 is 0. The maximum absolute atomic E-state index is 12.7. The fourth-order valence-electron chi connectivity index (χ4n) is 7.02. The molecule has 0 heterocycles. The molecule has 6 nitrogen and oxygen atoms in total. The molecular weight excluding hydrogens is 781 g/mol. The van der Waals surface area contributed by atoms with Crippen LogP contribution in [0, 0.1) is 0 Å². The topological polar surface area (TPSA) is 78.9 Å². The van der Waals surface area contributed by atoms with Gasteiger partial charge in [0, 0.05) is 19.3 Å². The van der Waals surface area contributed by atoms with E-state index in [0.29, 0.717) is 19.3 Å². The van der Waals surface area contributed by atoms with Crippen LogP contribution in [0.5, 0.6) is 0 Å². The second-order valence-corrected chi connectivity index (χ2v) is 17.1. The molecule has 0 aromatic rings. The third-order valence-corrected chi connectivity index (χ3v) is 10.9. The summed E-state index contributed by atoms with van der Waals surface area (Å²) in [6, 6.07) is 0. The zero-order chi connectivity index (χ0) is 45.8. The van der Waals surface area contributed by atoms with Gasteiger partial charge in [-0.3, -0.25) is 14.4 Å². The zero-order valence-electron chi connectivity index (χ0n) is 41.1. The van der Waals surface area contributed by atoms with Gasteiger partial charge in [0.1, 0.15) is 13.2 Å². The molecule has 0 amide bonds. The molecule has 0 aromatic carbocycles.